The van der Waals surface area contributed by atoms with Crippen molar-refractivity contribution in [1.82, 2.24) is 0 Å². The first-order chi connectivity index (χ1) is 7.90. The lowest BCUT2D eigenvalue weighted by molar-refractivity contribution is 0.0953. The maximum atomic E-state index is 12.1. The van der Waals surface area contributed by atoms with Crippen LogP contribution in [0.4, 0.5) is 0 Å². The molecule has 0 saturated heterocycles. The summed E-state index contributed by atoms with van der Waals surface area (Å²) in [5.41, 5.74) is 1.00. The van der Waals surface area contributed by atoms with Crippen LogP contribution in [0.15, 0.2) is 24.3 Å². The Kier molecular flexibility index (Phi) is 2.98. The van der Waals surface area contributed by atoms with Gasteiger partial charge in [0.1, 0.15) is 5.75 Å². The van der Waals surface area contributed by atoms with E-state index in [-0.39, 0.29) is 23.2 Å². The van der Waals surface area contributed by atoms with Crippen molar-refractivity contribution in [3.63, 3.8) is 0 Å². The Hall–Kier alpha value is -1.31. The van der Waals surface area contributed by atoms with Gasteiger partial charge in [-0.25, -0.2) is 0 Å². The zero-order chi connectivity index (χ0) is 12.6. The Morgan fingerprint density at radius 1 is 1.29 bits per heavy atom. The molecule has 0 heterocycles. The number of carbonyl (C=O) groups is 1. The molecule has 92 valence electrons. The average Bonchev–Trinajstić information content (AvgIpc) is 2.87. The van der Waals surface area contributed by atoms with Gasteiger partial charge in [0, 0.05) is 11.5 Å². The number of benzene rings is 1. The van der Waals surface area contributed by atoms with Crippen molar-refractivity contribution in [3.8, 4) is 5.75 Å². The molecule has 0 aromatic heterocycles. The number of hydrogen-bond acceptors (Lipinski definition) is 2. The minimum absolute atomic E-state index is 0.166. The molecule has 2 rings (SSSR count). The van der Waals surface area contributed by atoms with Crippen LogP contribution in [0, 0.1) is 11.3 Å². The molecule has 1 aromatic rings. The van der Waals surface area contributed by atoms with Crippen LogP contribution in [0.25, 0.3) is 0 Å². The fraction of sp³-hybridized carbons (Fsp3) is 0.533. The SMILES string of the molecule is CC(C)Oc1ccc(C(=O)C2CC2(C)C)cc1. The van der Waals surface area contributed by atoms with Gasteiger partial charge in [-0.05, 0) is 49.9 Å². The lowest BCUT2D eigenvalue weighted by Crippen LogP contribution is -2.08. The van der Waals surface area contributed by atoms with Crippen molar-refractivity contribution in [2.24, 2.45) is 11.3 Å². The third-order valence-corrected chi connectivity index (χ3v) is 3.34. The molecule has 1 unspecified atom stereocenters. The van der Waals surface area contributed by atoms with E-state index in [1.807, 2.05) is 38.1 Å². The van der Waals surface area contributed by atoms with E-state index in [0.717, 1.165) is 17.7 Å². The van der Waals surface area contributed by atoms with E-state index in [4.69, 9.17) is 4.74 Å². The maximum Gasteiger partial charge on any atom is 0.166 e. The van der Waals surface area contributed by atoms with Crippen molar-refractivity contribution in [2.45, 2.75) is 40.2 Å². The van der Waals surface area contributed by atoms with Gasteiger partial charge in [0.25, 0.3) is 0 Å². The Bertz CT molecular complexity index is 415. The third-order valence-electron chi connectivity index (χ3n) is 3.34. The molecule has 17 heavy (non-hydrogen) atoms. The first-order valence-corrected chi connectivity index (χ1v) is 6.21. The summed E-state index contributed by atoms with van der Waals surface area (Å²) in [6.07, 6.45) is 1.18. The van der Waals surface area contributed by atoms with E-state index < -0.39 is 0 Å². The fourth-order valence-electron chi connectivity index (χ4n) is 2.09. The highest BCUT2D eigenvalue weighted by Crippen LogP contribution is 2.53. The first kappa shape index (κ1) is 12.2. The van der Waals surface area contributed by atoms with Gasteiger partial charge in [0.2, 0.25) is 0 Å². The minimum Gasteiger partial charge on any atom is -0.491 e. The van der Waals surface area contributed by atoms with Gasteiger partial charge in [-0.15, -0.1) is 0 Å². The summed E-state index contributed by atoms with van der Waals surface area (Å²) in [6.45, 7) is 8.27. The molecule has 0 spiro atoms. The lowest BCUT2D eigenvalue weighted by Gasteiger charge is -2.10. The van der Waals surface area contributed by atoms with Crippen LogP contribution in [0.5, 0.6) is 5.75 Å². The largest absolute Gasteiger partial charge is 0.491 e. The van der Waals surface area contributed by atoms with Gasteiger partial charge in [-0.3, -0.25) is 4.79 Å². The third kappa shape index (κ3) is 2.68. The quantitative estimate of drug-likeness (QED) is 0.740. The Morgan fingerprint density at radius 2 is 1.82 bits per heavy atom. The molecule has 0 bridgehead atoms. The van der Waals surface area contributed by atoms with Crippen LogP contribution in [-0.2, 0) is 0 Å². The van der Waals surface area contributed by atoms with Crippen LogP contribution >= 0.6 is 0 Å². The van der Waals surface area contributed by atoms with Crippen LogP contribution in [0.3, 0.4) is 0 Å². The molecule has 2 nitrogen and oxygen atoms in total. The molecule has 1 aliphatic carbocycles. The molecule has 0 amide bonds. The van der Waals surface area contributed by atoms with Gasteiger partial charge in [-0.1, -0.05) is 13.8 Å². The normalized spacial score (nSPS) is 21.4. The summed E-state index contributed by atoms with van der Waals surface area (Å²) in [6, 6.07) is 7.49. The van der Waals surface area contributed by atoms with Gasteiger partial charge >= 0.3 is 0 Å². The molecule has 2 heteroatoms. The summed E-state index contributed by atoms with van der Waals surface area (Å²) in [4.78, 5) is 12.1. The molecule has 1 atom stereocenters. The van der Waals surface area contributed by atoms with Crippen molar-refractivity contribution in [2.75, 3.05) is 0 Å². The predicted molar refractivity (Wildman–Crippen MR) is 68.4 cm³/mol. The van der Waals surface area contributed by atoms with Gasteiger partial charge in [0.15, 0.2) is 5.78 Å². The monoisotopic (exact) mass is 232 g/mol. The molecule has 0 N–H and O–H groups in total. The summed E-state index contributed by atoms with van der Waals surface area (Å²) in [5, 5.41) is 0. The number of ketones is 1. The van der Waals surface area contributed by atoms with Crippen molar-refractivity contribution >= 4 is 5.78 Å². The first-order valence-electron chi connectivity index (χ1n) is 6.21. The minimum atomic E-state index is 0.166. The summed E-state index contributed by atoms with van der Waals surface area (Å²) in [7, 11) is 0. The summed E-state index contributed by atoms with van der Waals surface area (Å²) >= 11 is 0. The maximum absolute atomic E-state index is 12.1. The topological polar surface area (TPSA) is 26.3 Å². The zero-order valence-corrected chi connectivity index (χ0v) is 11.0. The highest BCUT2D eigenvalue weighted by Gasteiger charge is 2.50. The van der Waals surface area contributed by atoms with Gasteiger partial charge < -0.3 is 4.74 Å². The second-order valence-corrected chi connectivity index (χ2v) is 5.80. The van der Waals surface area contributed by atoms with Gasteiger partial charge in [0.05, 0.1) is 6.10 Å². The Labute approximate surface area is 103 Å². The highest BCUT2D eigenvalue weighted by atomic mass is 16.5. The number of Topliss-reactive ketones (excluding diaryl/α,β-unsaturated/α-hetero) is 1. The molecule has 0 aliphatic heterocycles. The predicted octanol–water partition coefficient (Wildman–Crippen LogP) is 3.70. The van der Waals surface area contributed by atoms with Crippen molar-refractivity contribution < 1.29 is 9.53 Å². The van der Waals surface area contributed by atoms with Crippen LogP contribution in [0.1, 0.15) is 44.5 Å². The van der Waals surface area contributed by atoms with E-state index in [9.17, 15) is 4.79 Å². The van der Waals surface area contributed by atoms with Crippen molar-refractivity contribution in [1.29, 1.82) is 0 Å². The van der Waals surface area contributed by atoms with E-state index in [0.29, 0.717) is 0 Å². The number of carbonyl (C=O) groups excluding carboxylic acids is 1. The molecule has 1 aliphatic rings. The van der Waals surface area contributed by atoms with E-state index >= 15 is 0 Å². The fourth-order valence-corrected chi connectivity index (χ4v) is 2.09. The zero-order valence-electron chi connectivity index (χ0n) is 11.0. The Morgan fingerprint density at radius 3 is 2.24 bits per heavy atom. The molecule has 1 aromatic carbocycles. The molecule has 0 radical (unpaired) electrons. The standard InChI is InChI=1S/C15H20O2/c1-10(2)17-12-7-5-11(6-8-12)14(16)13-9-15(13,3)4/h5-8,10,13H,9H2,1-4H3. The summed E-state index contributed by atoms with van der Waals surface area (Å²) in [5.74, 6) is 1.30. The van der Waals surface area contributed by atoms with Crippen molar-refractivity contribution in [3.05, 3.63) is 29.8 Å². The second kappa shape index (κ2) is 4.17. The Balaban J connectivity index is 2.06. The van der Waals surface area contributed by atoms with Gasteiger partial charge in [-0.2, -0.15) is 0 Å². The average molecular weight is 232 g/mol. The summed E-state index contributed by atoms with van der Waals surface area (Å²) < 4.78 is 5.55. The van der Waals surface area contributed by atoms with E-state index in [1.165, 1.54) is 0 Å². The van der Waals surface area contributed by atoms with Crippen LogP contribution in [0.2, 0.25) is 0 Å². The smallest absolute Gasteiger partial charge is 0.166 e. The van der Waals surface area contributed by atoms with E-state index in [2.05, 4.69) is 13.8 Å². The second-order valence-electron chi connectivity index (χ2n) is 5.80. The number of rotatable bonds is 4. The number of ether oxygens (including phenoxy) is 1. The molecule has 1 saturated carbocycles. The highest BCUT2D eigenvalue weighted by molar-refractivity contribution is 6.00. The number of hydrogen-bond donors (Lipinski definition) is 0. The molecular weight excluding hydrogens is 212 g/mol. The molecular formula is C15H20O2. The van der Waals surface area contributed by atoms with Crippen LogP contribution in [-0.4, -0.2) is 11.9 Å². The lowest BCUT2D eigenvalue weighted by atomic mass is 10.0. The molecule has 1 fully saturated rings. The van der Waals surface area contributed by atoms with Crippen LogP contribution < -0.4 is 4.74 Å². The van der Waals surface area contributed by atoms with E-state index in [1.54, 1.807) is 0 Å².